The minimum Gasteiger partial charge on any atom is -0.183 e. The maximum atomic E-state index is 12.0. The molecule has 0 unspecified atom stereocenters. The molecule has 7 heteroatoms. The first-order valence-electron chi connectivity index (χ1n) is 3.37. The van der Waals surface area contributed by atoms with Crippen molar-refractivity contribution in [2.24, 2.45) is 0 Å². The first-order chi connectivity index (χ1) is 6.21. The van der Waals surface area contributed by atoms with Crippen molar-refractivity contribution in [3.8, 4) is 0 Å². The van der Waals surface area contributed by atoms with Crippen molar-refractivity contribution in [1.82, 2.24) is 0 Å². The molecule has 0 N–H and O–H groups in total. The van der Waals surface area contributed by atoms with E-state index in [-0.39, 0.29) is 28.4 Å². The van der Waals surface area contributed by atoms with Crippen molar-refractivity contribution < 1.29 is 48.7 Å². The van der Waals surface area contributed by atoms with Gasteiger partial charge in [-0.3, -0.25) is 0 Å². The van der Waals surface area contributed by atoms with Gasteiger partial charge < -0.3 is 0 Å². The molecule has 15 heavy (non-hydrogen) atoms. The van der Waals surface area contributed by atoms with E-state index in [1.807, 2.05) is 0 Å². The fraction of sp³-hybridized carbons (Fsp3) is 0.250. The summed E-state index contributed by atoms with van der Waals surface area (Å²) in [5, 5.41) is 0. The van der Waals surface area contributed by atoms with Crippen molar-refractivity contribution in [3.63, 3.8) is 0 Å². The molecule has 0 aliphatic carbocycles. The zero-order chi connectivity index (χ0) is 11.0. The SMILES string of the molecule is FC(F)(F)c1c[c-]cc(C(F)(F)F)c1.[Ag+]. The number of rotatable bonds is 0. The van der Waals surface area contributed by atoms with Gasteiger partial charge in [-0.1, -0.05) is 11.1 Å². The molecular weight excluding hydrogens is 318 g/mol. The van der Waals surface area contributed by atoms with Gasteiger partial charge in [0.1, 0.15) is 0 Å². The first kappa shape index (κ1) is 14.5. The summed E-state index contributed by atoms with van der Waals surface area (Å²) in [7, 11) is 0. The summed E-state index contributed by atoms with van der Waals surface area (Å²) in [6, 6.07) is 2.79. The second-order valence-corrected chi connectivity index (χ2v) is 2.51. The average molecular weight is 321 g/mol. The molecule has 0 radical (unpaired) electrons. The minimum absolute atomic E-state index is 0. The molecule has 0 aliphatic heterocycles. The molecule has 0 amide bonds. The second-order valence-electron chi connectivity index (χ2n) is 2.51. The third-order valence-corrected chi connectivity index (χ3v) is 1.44. The Balaban J connectivity index is 0.00000196. The zero-order valence-corrected chi connectivity index (χ0v) is 8.28. The van der Waals surface area contributed by atoms with Crippen molar-refractivity contribution in [2.75, 3.05) is 0 Å². The molecule has 0 bridgehead atoms. The summed E-state index contributed by atoms with van der Waals surface area (Å²) in [5.74, 6) is 0. The van der Waals surface area contributed by atoms with E-state index in [0.29, 0.717) is 12.1 Å². The fourth-order valence-electron chi connectivity index (χ4n) is 0.799. The minimum atomic E-state index is -4.78. The second kappa shape index (κ2) is 4.59. The van der Waals surface area contributed by atoms with Gasteiger partial charge in [0.2, 0.25) is 0 Å². The molecule has 88 valence electrons. The molecule has 0 atom stereocenters. The maximum Gasteiger partial charge on any atom is 1.00 e. The van der Waals surface area contributed by atoms with E-state index in [4.69, 9.17) is 0 Å². The first-order valence-corrected chi connectivity index (χ1v) is 3.37. The van der Waals surface area contributed by atoms with E-state index in [1.54, 1.807) is 6.07 Å². The van der Waals surface area contributed by atoms with Gasteiger partial charge in [0, 0.05) is 0 Å². The average Bonchev–Trinajstić information content (AvgIpc) is 2.01. The van der Waals surface area contributed by atoms with Crippen LogP contribution in [0.25, 0.3) is 0 Å². The van der Waals surface area contributed by atoms with Crippen LogP contribution >= 0.6 is 0 Å². The molecule has 0 heterocycles. The summed E-state index contributed by atoms with van der Waals surface area (Å²) in [6.45, 7) is 0. The van der Waals surface area contributed by atoms with Gasteiger partial charge in [0.25, 0.3) is 0 Å². The Bertz CT molecular complexity index is 297. The maximum absolute atomic E-state index is 12.0. The van der Waals surface area contributed by atoms with Crippen LogP contribution < -0.4 is 0 Å². The van der Waals surface area contributed by atoms with Crippen molar-refractivity contribution >= 4 is 0 Å². The van der Waals surface area contributed by atoms with Crippen LogP contribution in [0.3, 0.4) is 0 Å². The van der Waals surface area contributed by atoms with Gasteiger partial charge in [0.15, 0.2) is 0 Å². The van der Waals surface area contributed by atoms with E-state index in [2.05, 4.69) is 0 Å². The third-order valence-electron chi connectivity index (χ3n) is 1.44. The van der Waals surface area contributed by atoms with E-state index < -0.39 is 23.5 Å². The number of halogens is 6. The van der Waals surface area contributed by atoms with Gasteiger partial charge in [0.05, 0.1) is 0 Å². The van der Waals surface area contributed by atoms with Crippen LogP contribution in [0.5, 0.6) is 0 Å². The molecule has 0 fully saturated rings. The van der Waals surface area contributed by atoms with Crippen LogP contribution in [-0.2, 0) is 34.7 Å². The Morgan fingerprint density at radius 1 is 0.800 bits per heavy atom. The fourth-order valence-corrected chi connectivity index (χ4v) is 0.799. The molecule has 0 saturated heterocycles. The summed E-state index contributed by atoms with van der Waals surface area (Å²) < 4.78 is 71.8. The number of hydrogen-bond donors (Lipinski definition) is 0. The van der Waals surface area contributed by atoms with E-state index in [9.17, 15) is 26.3 Å². The Morgan fingerprint density at radius 2 is 1.13 bits per heavy atom. The van der Waals surface area contributed by atoms with Crippen LogP contribution in [-0.4, -0.2) is 0 Å². The predicted molar refractivity (Wildman–Crippen MR) is 35.3 cm³/mol. The molecule has 1 rings (SSSR count). The Labute approximate surface area is 96.8 Å². The van der Waals surface area contributed by atoms with Crippen LogP contribution in [0.15, 0.2) is 18.2 Å². The zero-order valence-electron chi connectivity index (χ0n) is 6.80. The normalized spacial score (nSPS) is 12.1. The van der Waals surface area contributed by atoms with E-state index >= 15 is 0 Å². The molecule has 0 aromatic heterocycles. The van der Waals surface area contributed by atoms with Gasteiger partial charge >= 0.3 is 34.7 Å². The summed E-state index contributed by atoms with van der Waals surface area (Å²) >= 11 is 0. The van der Waals surface area contributed by atoms with Crippen LogP contribution in [0.4, 0.5) is 26.3 Å². The summed E-state index contributed by atoms with van der Waals surface area (Å²) in [5.41, 5.74) is -2.71. The van der Waals surface area contributed by atoms with Crippen LogP contribution in [0, 0.1) is 6.07 Å². The monoisotopic (exact) mass is 320 g/mol. The van der Waals surface area contributed by atoms with Gasteiger partial charge in [-0.2, -0.15) is 44.5 Å². The molecule has 0 spiro atoms. The molecule has 0 saturated carbocycles. The number of benzene rings is 1. The summed E-state index contributed by atoms with van der Waals surface area (Å²) in [6.07, 6.45) is -9.56. The van der Waals surface area contributed by atoms with Crippen molar-refractivity contribution in [3.05, 3.63) is 35.4 Å². The molecule has 0 aliphatic rings. The predicted octanol–water partition coefficient (Wildman–Crippen LogP) is 3.52. The van der Waals surface area contributed by atoms with Gasteiger partial charge in [-0.15, -0.1) is 6.07 Å². The van der Waals surface area contributed by atoms with E-state index in [0.717, 1.165) is 0 Å². The standard InChI is InChI=1S/C8H3F6.Ag/c9-7(10,11)5-2-1-3-6(4-5)8(12,13)14;/h2-4H;/q-1;+1. The van der Waals surface area contributed by atoms with Crippen LogP contribution in [0.2, 0.25) is 0 Å². The topological polar surface area (TPSA) is 0 Å². The summed E-state index contributed by atoms with van der Waals surface area (Å²) in [4.78, 5) is 0. The largest absolute Gasteiger partial charge is 1.00 e. The Morgan fingerprint density at radius 3 is 1.40 bits per heavy atom. The van der Waals surface area contributed by atoms with Gasteiger partial charge in [-0.25, -0.2) is 0 Å². The molecule has 0 nitrogen and oxygen atoms in total. The van der Waals surface area contributed by atoms with Crippen molar-refractivity contribution in [1.29, 1.82) is 0 Å². The third kappa shape index (κ3) is 3.89. The quantitative estimate of drug-likeness (QED) is 0.390. The number of hydrogen-bond acceptors (Lipinski definition) is 0. The van der Waals surface area contributed by atoms with Gasteiger partial charge in [-0.05, 0) is 0 Å². The smallest absolute Gasteiger partial charge is 0.183 e. The molecule has 1 aromatic carbocycles. The Hall–Kier alpha value is -0.460. The molecule has 1 aromatic rings. The Kier molecular flexibility index (Phi) is 4.45. The molecular formula is C8H3AgF6. The van der Waals surface area contributed by atoms with Crippen LogP contribution in [0.1, 0.15) is 11.1 Å². The van der Waals surface area contributed by atoms with Crippen molar-refractivity contribution in [2.45, 2.75) is 12.4 Å². The van der Waals surface area contributed by atoms with E-state index in [1.165, 1.54) is 0 Å². The number of alkyl halides is 6.